The molecule has 3 nitrogen and oxygen atoms in total. The van der Waals surface area contributed by atoms with Crippen molar-refractivity contribution < 1.29 is 9.84 Å². The fourth-order valence-electron chi connectivity index (χ4n) is 3.81. The molecule has 0 bridgehead atoms. The molecule has 1 heterocycles. The maximum Gasteiger partial charge on any atom is 0.126 e. The summed E-state index contributed by atoms with van der Waals surface area (Å²) < 4.78 is 5.42. The highest BCUT2D eigenvalue weighted by molar-refractivity contribution is 5.67. The number of aliphatic hydroxyl groups is 1. The highest BCUT2D eigenvalue weighted by atomic mass is 16.5. The zero-order valence-corrected chi connectivity index (χ0v) is 13.3. The third-order valence-electron chi connectivity index (χ3n) is 4.93. The molecular weight excluding hydrogens is 286 g/mol. The molecule has 0 saturated heterocycles. The summed E-state index contributed by atoms with van der Waals surface area (Å²) in [5.41, 5.74) is 4.55. The minimum absolute atomic E-state index is 0.0314. The molecule has 2 aromatic rings. The largest absolute Gasteiger partial charge is 0.496 e. The van der Waals surface area contributed by atoms with Crippen molar-refractivity contribution in [3.05, 3.63) is 65.2 Å². The lowest BCUT2D eigenvalue weighted by atomic mass is 9.88. The predicted octanol–water partition coefficient (Wildman–Crippen LogP) is 3.58. The van der Waals surface area contributed by atoms with Gasteiger partial charge in [-0.15, -0.1) is 0 Å². The van der Waals surface area contributed by atoms with Gasteiger partial charge >= 0.3 is 0 Å². The van der Waals surface area contributed by atoms with Crippen molar-refractivity contribution in [3.8, 4) is 5.75 Å². The van der Waals surface area contributed by atoms with Crippen LogP contribution in [-0.2, 0) is 6.42 Å². The van der Waals surface area contributed by atoms with Gasteiger partial charge in [-0.2, -0.15) is 0 Å². The van der Waals surface area contributed by atoms with Crippen LogP contribution in [0.3, 0.4) is 0 Å². The molecule has 0 amide bonds. The van der Waals surface area contributed by atoms with E-state index in [1.54, 1.807) is 7.11 Å². The Balaban J connectivity index is 1.73. The Labute approximate surface area is 136 Å². The van der Waals surface area contributed by atoms with E-state index < -0.39 is 6.10 Å². The van der Waals surface area contributed by atoms with Crippen LogP contribution in [0.25, 0.3) is 6.08 Å². The molecule has 0 unspecified atom stereocenters. The van der Waals surface area contributed by atoms with Crippen molar-refractivity contribution in [3.63, 3.8) is 0 Å². The highest BCUT2D eigenvalue weighted by Gasteiger charge is 2.32. The van der Waals surface area contributed by atoms with Crippen molar-refractivity contribution in [1.29, 1.82) is 0 Å². The fourth-order valence-corrected chi connectivity index (χ4v) is 3.81. The number of methoxy groups -OCH3 is 1. The van der Waals surface area contributed by atoms with E-state index in [1.165, 1.54) is 11.3 Å². The average molecular weight is 307 g/mol. The number of benzene rings is 2. The maximum atomic E-state index is 11.0. The van der Waals surface area contributed by atoms with Gasteiger partial charge < -0.3 is 14.7 Å². The number of fused-ring (bicyclic) bond motifs is 2. The lowest BCUT2D eigenvalue weighted by Gasteiger charge is -2.40. The Bertz CT molecular complexity index is 753. The van der Waals surface area contributed by atoms with Crippen LogP contribution in [0.5, 0.6) is 5.75 Å². The van der Waals surface area contributed by atoms with Crippen molar-refractivity contribution in [2.24, 2.45) is 0 Å². The molecule has 4 rings (SSSR count). The number of ether oxygens (including phenoxy) is 1. The summed E-state index contributed by atoms with van der Waals surface area (Å²) in [6.07, 6.45) is 5.89. The molecule has 0 radical (unpaired) electrons. The van der Waals surface area contributed by atoms with Gasteiger partial charge in [0.15, 0.2) is 0 Å². The number of rotatable bonds is 2. The molecule has 0 saturated carbocycles. The molecule has 1 N–H and O–H groups in total. The van der Waals surface area contributed by atoms with Crippen LogP contribution in [0.15, 0.2) is 48.5 Å². The van der Waals surface area contributed by atoms with Gasteiger partial charge in [-0.25, -0.2) is 0 Å². The minimum atomic E-state index is -0.545. The Hall–Kier alpha value is -2.26. The van der Waals surface area contributed by atoms with Gasteiger partial charge in [0.25, 0.3) is 0 Å². The van der Waals surface area contributed by atoms with E-state index in [2.05, 4.69) is 41.3 Å². The standard InChI is InChI=1S/C20H21NO2/c1-23-19-10-4-8-16-15(19)11-12-18(20(16)22)21-13-5-7-14-6-2-3-9-17(14)21/h2-4,6,8-12,18,20,22H,5,7,13H2,1H3/t18-,20-/m0/s1. The van der Waals surface area contributed by atoms with Crippen molar-refractivity contribution >= 4 is 11.8 Å². The molecule has 0 fully saturated rings. The van der Waals surface area contributed by atoms with E-state index in [-0.39, 0.29) is 6.04 Å². The number of hydrogen-bond donors (Lipinski definition) is 1. The Morgan fingerprint density at radius 3 is 2.87 bits per heavy atom. The van der Waals surface area contributed by atoms with Crippen molar-refractivity contribution in [1.82, 2.24) is 0 Å². The van der Waals surface area contributed by atoms with Gasteiger partial charge in [0.2, 0.25) is 0 Å². The molecule has 0 aromatic heterocycles. The number of hydrogen-bond acceptors (Lipinski definition) is 3. The van der Waals surface area contributed by atoms with Gasteiger partial charge in [0.05, 0.1) is 13.2 Å². The second-order valence-corrected chi connectivity index (χ2v) is 6.18. The fraction of sp³-hybridized carbons (Fsp3) is 0.300. The number of aliphatic hydroxyl groups excluding tert-OH is 1. The van der Waals surface area contributed by atoms with E-state index in [4.69, 9.17) is 4.74 Å². The maximum absolute atomic E-state index is 11.0. The summed E-state index contributed by atoms with van der Waals surface area (Å²) in [5, 5.41) is 11.0. The van der Waals surface area contributed by atoms with Crippen LogP contribution in [-0.4, -0.2) is 24.8 Å². The molecule has 23 heavy (non-hydrogen) atoms. The van der Waals surface area contributed by atoms with Gasteiger partial charge in [-0.05, 0) is 36.1 Å². The SMILES string of the molecule is COc1cccc2c1C=C[C@H](N1CCCc3ccccc31)[C@H]2O. The molecular formula is C20H21NO2. The number of aryl methyl sites for hydroxylation is 1. The highest BCUT2D eigenvalue weighted by Crippen LogP contribution is 2.39. The monoisotopic (exact) mass is 307 g/mol. The first-order valence-corrected chi connectivity index (χ1v) is 8.17. The Kier molecular flexibility index (Phi) is 3.58. The van der Waals surface area contributed by atoms with Crippen LogP contribution in [0.2, 0.25) is 0 Å². The predicted molar refractivity (Wildman–Crippen MR) is 92.9 cm³/mol. The summed E-state index contributed by atoms with van der Waals surface area (Å²) in [6.45, 7) is 0.975. The van der Waals surface area contributed by atoms with E-state index in [9.17, 15) is 5.11 Å². The van der Waals surface area contributed by atoms with Gasteiger partial charge in [0, 0.05) is 17.8 Å². The van der Waals surface area contributed by atoms with E-state index in [1.807, 2.05) is 18.2 Å². The van der Waals surface area contributed by atoms with E-state index in [0.29, 0.717) is 0 Å². The van der Waals surface area contributed by atoms with Crippen LogP contribution < -0.4 is 9.64 Å². The lowest BCUT2D eigenvalue weighted by Crippen LogP contribution is -2.42. The number of anilines is 1. The third kappa shape index (κ3) is 2.32. The zero-order chi connectivity index (χ0) is 15.8. The van der Waals surface area contributed by atoms with Gasteiger partial charge in [-0.3, -0.25) is 0 Å². The molecule has 1 aliphatic carbocycles. The van der Waals surface area contributed by atoms with Crippen LogP contribution in [0.4, 0.5) is 5.69 Å². The molecule has 3 heteroatoms. The summed E-state index contributed by atoms with van der Waals surface area (Å²) in [7, 11) is 1.67. The molecule has 2 aromatic carbocycles. The topological polar surface area (TPSA) is 32.7 Å². The van der Waals surface area contributed by atoms with Gasteiger partial charge in [-0.1, -0.05) is 42.5 Å². The van der Waals surface area contributed by atoms with Crippen LogP contribution >= 0.6 is 0 Å². The lowest BCUT2D eigenvalue weighted by molar-refractivity contribution is 0.156. The first-order chi connectivity index (χ1) is 11.3. The molecule has 118 valence electrons. The van der Waals surface area contributed by atoms with Crippen molar-refractivity contribution in [2.75, 3.05) is 18.6 Å². The Morgan fingerprint density at radius 2 is 2.00 bits per heavy atom. The van der Waals surface area contributed by atoms with Crippen molar-refractivity contribution in [2.45, 2.75) is 25.0 Å². The Morgan fingerprint density at radius 1 is 1.13 bits per heavy atom. The minimum Gasteiger partial charge on any atom is -0.496 e. The van der Waals surface area contributed by atoms with Crippen LogP contribution in [0.1, 0.15) is 29.2 Å². The first-order valence-electron chi connectivity index (χ1n) is 8.17. The third-order valence-corrected chi connectivity index (χ3v) is 4.93. The van der Waals surface area contributed by atoms with Gasteiger partial charge in [0.1, 0.15) is 11.9 Å². The summed E-state index contributed by atoms with van der Waals surface area (Å²) in [4.78, 5) is 2.34. The summed E-state index contributed by atoms with van der Waals surface area (Å²) in [6, 6.07) is 14.4. The molecule has 1 aliphatic heterocycles. The summed E-state index contributed by atoms with van der Waals surface area (Å²) >= 11 is 0. The molecule has 2 aliphatic rings. The quantitative estimate of drug-likeness (QED) is 0.920. The summed E-state index contributed by atoms with van der Waals surface area (Å²) in [5.74, 6) is 0.815. The first kappa shape index (κ1) is 14.3. The molecule has 2 atom stereocenters. The van der Waals surface area contributed by atoms with E-state index in [0.717, 1.165) is 36.3 Å². The second kappa shape index (κ2) is 5.74. The smallest absolute Gasteiger partial charge is 0.126 e. The number of para-hydroxylation sites is 1. The normalized spacial score (nSPS) is 22.4. The average Bonchev–Trinajstić information content (AvgIpc) is 2.61. The number of nitrogens with zero attached hydrogens (tertiary/aromatic N) is 1. The zero-order valence-electron chi connectivity index (χ0n) is 13.3. The molecule has 0 spiro atoms. The van der Waals surface area contributed by atoms with Crippen LogP contribution in [0, 0.1) is 0 Å². The second-order valence-electron chi connectivity index (χ2n) is 6.18. The van der Waals surface area contributed by atoms with E-state index >= 15 is 0 Å².